The van der Waals surface area contributed by atoms with Crippen molar-refractivity contribution < 1.29 is 27.7 Å². The number of amides is 1. The van der Waals surface area contributed by atoms with Crippen molar-refractivity contribution >= 4 is 25.4 Å². The van der Waals surface area contributed by atoms with Crippen LogP contribution in [0, 0.1) is 10.1 Å². The van der Waals surface area contributed by atoms with E-state index in [1.807, 2.05) is 0 Å². The number of carbonyl (C=O) groups excluding carboxylic acids is 1. The highest BCUT2D eigenvalue weighted by Crippen LogP contribution is 2.47. The van der Waals surface area contributed by atoms with Gasteiger partial charge in [0.25, 0.3) is 11.6 Å². The maximum absolute atomic E-state index is 12.3. The fraction of sp³-hybridized carbons (Fsp3) is 0.294. The maximum atomic E-state index is 12.3. The van der Waals surface area contributed by atoms with E-state index in [0.717, 1.165) is 0 Å². The first kappa shape index (κ1) is 21.5. The van der Waals surface area contributed by atoms with Gasteiger partial charge in [-0.05, 0) is 32.0 Å². The Hall–Kier alpha value is -2.81. The van der Waals surface area contributed by atoms with Crippen LogP contribution in [0.3, 0.4) is 0 Å². The number of nitro groups is 1. The minimum Gasteiger partial charge on any atom is -0.455 e. The molecule has 0 spiro atoms. The zero-order valence-corrected chi connectivity index (χ0v) is 16.3. The molecule has 11 heteroatoms. The summed E-state index contributed by atoms with van der Waals surface area (Å²) in [6.07, 6.45) is 0.758. The Morgan fingerprint density at radius 2 is 1.93 bits per heavy atom. The highest BCUT2D eigenvalue weighted by Gasteiger charge is 2.27. The second kappa shape index (κ2) is 9.93. The van der Waals surface area contributed by atoms with Crippen molar-refractivity contribution in [1.29, 1.82) is 0 Å². The molecule has 0 aliphatic heterocycles. The number of carbonyl (C=O) groups is 1. The van der Waals surface area contributed by atoms with Crippen LogP contribution in [-0.4, -0.2) is 36.4 Å². The number of hydrogen-bond acceptors (Lipinski definition) is 8. The summed E-state index contributed by atoms with van der Waals surface area (Å²) in [6.45, 7) is 3.59. The van der Waals surface area contributed by atoms with Crippen molar-refractivity contribution in [2.75, 3.05) is 19.4 Å². The monoisotopic (exact) mass is 409 g/mol. The van der Waals surface area contributed by atoms with Crippen molar-refractivity contribution in [2.24, 2.45) is 5.10 Å². The molecule has 0 unspecified atom stereocenters. The normalized spacial score (nSPS) is 11.6. The van der Waals surface area contributed by atoms with Gasteiger partial charge in [0.15, 0.2) is 0 Å². The van der Waals surface area contributed by atoms with Crippen molar-refractivity contribution in [3.05, 3.63) is 52.3 Å². The molecule has 1 heterocycles. The third-order valence-electron chi connectivity index (χ3n) is 3.36. The topological polar surface area (TPSA) is 133 Å². The number of nitrogens with one attached hydrogen (secondary N) is 1. The molecule has 1 N–H and O–H groups in total. The maximum Gasteiger partial charge on any atom is 0.340 e. The first-order chi connectivity index (χ1) is 13.4. The van der Waals surface area contributed by atoms with Gasteiger partial charge in [-0.3, -0.25) is 19.5 Å². The third-order valence-corrected chi connectivity index (χ3v) is 5.34. The minimum absolute atomic E-state index is 0.0868. The minimum atomic E-state index is -3.51. The molecule has 0 bridgehead atoms. The molecule has 28 heavy (non-hydrogen) atoms. The van der Waals surface area contributed by atoms with Gasteiger partial charge >= 0.3 is 7.60 Å². The molecule has 0 saturated carbocycles. The molecule has 1 aromatic carbocycles. The SMILES string of the molecule is CCOP(=O)(CC(=O)NN=Cc1ccc(-c2ccccc2[N+](=O)[O-])o1)OCC. The van der Waals surface area contributed by atoms with Crippen molar-refractivity contribution in [2.45, 2.75) is 13.8 Å². The van der Waals surface area contributed by atoms with E-state index in [1.165, 1.54) is 12.3 Å². The fourth-order valence-electron chi connectivity index (χ4n) is 2.31. The average Bonchev–Trinajstić information content (AvgIpc) is 3.10. The van der Waals surface area contributed by atoms with Gasteiger partial charge in [-0.2, -0.15) is 5.10 Å². The summed E-state index contributed by atoms with van der Waals surface area (Å²) in [4.78, 5) is 22.5. The standard InChI is InChI=1S/C17H20N3O7P/c1-3-25-28(24,26-4-2)12-17(21)19-18-11-13-9-10-16(27-13)14-7-5-6-8-15(14)20(22)23/h5-11H,3-4,12H2,1-2H3,(H,19,21). The van der Waals surface area contributed by atoms with E-state index in [1.54, 1.807) is 44.2 Å². The lowest BCUT2D eigenvalue weighted by molar-refractivity contribution is -0.384. The van der Waals surface area contributed by atoms with Crippen LogP contribution < -0.4 is 5.43 Å². The first-order valence-corrected chi connectivity index (χ1v) is 10.1. The second-order valence-corrected chi connectivity index (χ2v) is 7.43. The number of nitro benzene ring substituents is 1. The van der Waals surface area contributed by atoms with Crippen LogP contribution in [0.1, 0.15) is 19.6 Å². The predicted molar refractivity (Wildman–Crippen MR) is 102 cm³/mol. The fourth-order valence-corrected chi connectivity index (χ4v) is 3.78. The lowest BCUT2D eigenvalue weighted by Crippen LogP contribution is -2.22. The summed E-state index contributed by atoms with van der Waals surface area (Å²) in [6, 6.07) is 9.27. The largest absolute Gasteiger partial charge is 0.455 e. The Labute approximate surface area is 161 Å². The third kappa shape index (κ3) is 5.85. The number of furan rings is 1. The number of hydrazone groups is 1. The van der Waals surface area contributed by atoms with Crippen molar-refractivity contribution in [1.82, 2.24) is 5.43 Å². The molecule has 150 valence electrons. The Bertz CT molecular complexity index is 900. The summed E-state index contributed by atoms with van der Waals surface area (Å²) in [7, 11) is -3.51. The Morgan fingerprint density at radius 1 is 1.25 bits per heavy atom. The Kier molecular flexibility index (Phi) is 7.62. The zero-order valence-electron chi connectivity index (χ0n) is 15.4. The molecule has 1 aromatic heterocycles. The van der Waals surface area contributed by atoms with E-state index in [-0.39, 0.29) is 30.4 Å². The van der Waals surface area contributed by atoms with Crippen LogP contribution in [-0.2, 0) is 18.4 Å². The number of para-hydroxylation sites is 1. The van der Waals surface area contributed by atoms with E-state index in [4.69, 9.17) is 13.5 Å². The highest BCUT2D eigenvalue weighted by atomic mass is 31.2. The van der Waals surface area contributed by atoms with Gasteiger partial charge < -0.3 is 13.5 Å². The Balaban J connectivity index is 2.02. The summed E-state index contributed by atoms with van der Waals surface area (Å²) in [5.74, 6) is -0.0875. The van der Waals surface area contributed by atoms with Crippen LogP contribution in [0.2, 0.25) is 0 Å². The predicted octanol–water partition coefficient (Wildman–Crippen LogP) is 3.57. The van der Waals surface area contributed by atoms with Crippen LogP contribution in [0.15, 0.2) is 45.9 Å². The number of rotatable bonds is 10. The molecule has 0 radical (unpaired) electrons. The molecule has 2 rings (SSSR count). The smallest absolute Gasteiger partial charge is 0.340 e. The lowest BCUT2D eigenvalue weighted by atomic mass is 10.1. The molecule has 10 nitrogen and oxygen atoms in total. The van der Waals surface area contributed by atoms with Gasteiger partial charge in [0.1, 0.15) is 17.7 Å². The van der Waals surface area contributed by atoms with Crippen LogP contribution >= 0.6 is 7.60 Å². The lowest BCUT2D eigenvalue weighted by Gasteiger charge is -2.15. The molecular weight excluding hydrogens is 389 g/mol. The van der Waals surface area contributed by atoms with E-state index in [9.17, 15) is 19.5 Å². The van der Waals surface area contributed by atoms with Gasteiger partial charge in [0.05, 0.1) is 29.9 Å². The number of nitrogens with zero attached hydrogens (tertiary/aromatic N) is 2. The van der Waals surface area contributed by atoms with E-state index >= 15 is 0 Å². The van der Waals surface area contributed by atoms with Gasteiger partial charge in [0.2, 0.25) is 0 Å². The van der Waals surface area contributed by atoms with E-state index in [0.29, 0.717) is 5.56 Å². The van der Waals surface area contributed by atoms with Crippen LogP contribution in [0.4, 0.5) is 5.69 Å². The van der Waals surface area contributed by atoms with Gasteiger partial charge in [0, 0.05) is 6.07 Å². The average molecular weight is 409 g/mol. The number of benzene rings is 1. The van der Waals surface area contributed by atoms with Crippen LogP contribution in [0.25, 0.3) is 11.3 Å². The molecule has 0 saturated heterocycles. The van der Waals surface area contributed by atoms with Crippen LogP contribution in [0.5, 0.6) is 0 Å². The second-order valence-electron chi connectivity index (χ2n) is 5.37. The summed E-state index contributed by atoms with van der Waals surface area (Å²) < 4.78 is 27.9. The Morgan fingerprint density at radius 3 is 2.57 bits per heavy atom. The zero-order chi connectivity index (χ0) is 20.6. The molecule has 1 amide bonds. The molecule has 2 aromatic rings. The highest BCUT2D eigenvalue weighted by molar-refractivity contribution is 7.54. The molecular formula is C17H20N3O7P. The van der Waals surface area contributed by atoms with E-state index in [2.05, 4.69) is 10.5 Å². The summed E-state index contributed by atoms with van der Waals surface area (Å²) in [5, 5.41) is 14.8. The molecule has 0 aliphatic rings. The first-order valence-electron chi connectivity index (χ1n) is 8.42. The van der Waals surface area contributed by atoms with Gasteiger partial charge in [-0.25, -0.2) is 5.43 Å². The summed E-state index contributed by atoms with van der Waals surface area (Å²) >= 11 is 0. The van der Waals surface area contributed by atoms with Gasteiger partial charge in [-0.15, -0.1) is 0 Å². The van der Waals surface area contributed by atoms with Crippen molar-refractivity contribution in [3.8, 4) is 11.3 Å². The molecule has 0 aliphatic carbocycles. The van der Waals surface area contributed by atoms with E-state index < -0.39 is 24.6 Å². The molecule has 0 atom stereocenters. The van der Waals surface area contributed by atoms with Crippen molar-refractivity contribution in [3.63, 3.8) is 0 Å². The summed E-state index contributed by atoms with van der Waals surface area (Å²) in [5.41, 5.74) is 2.45. The molecule has 0 fully saturated rings. The number of hydrogen-bond donors (Lipinski definition) is 1. The van der Waals surface area contributed by atoms with Gasteiger partial charge in [-0.1, -0.05) is 12.1 Å². The quantitative estimate of drug-likeness (QED) is 0.274.